The number of halogens is 3. The zero-order valence-corrected chi connectivity index (χ0v) is 13.2. The highest BCUT2D eigenvalue weighted by Crippen LogP contribution is 2.30. The zero-order chi connectivity index (χ0) is 16.3. The molecular formula is C13H17F3N4OS. The van der Waals surface area contributed by atoms with E-state index in [1.54, 1.807) is 4.90 Å². The summed E-state index contributed by atoms with van der Waals surface area (Å²) < 4.78 is 38.8. The van der Waals surface area contributed by atoms with Gasteiger partial charge in [0.2, 0.25) is 11.7 Å². The van der Waals surface area contributed by atoms with Crippen molar-refractivity contribution in [3.05, 3.63) is 17.6 Å². The maximum absolute atomic E-state index is 12.6. The van der Waals surface area contributed by atoms with Crippen LogP contribution in [0, 0.1) is 0 Å². The molecule has 5 nitrogen and oxygen atoms in total. The highest BCUT2D eigenvalue weighted by atomic mass is 32.2. The molecule has 0 aromatic carbocycles. The van der Waals surface area contributed by atoms with Gasteiger partial charge in [-0.3, -0.25) is 4.79 Å². The molecule has 1 aromatic heterocycles. The first-order chi connectivity index (χ1) is 10.3. The lowest BCUT2D eigenvalue weighted by atomic mass is 10.3. The zero-order valence-electron chi connectivity index (χ0n) is 12.4. The van der Waals surface area contributed by atoms with Gasteiger partial charge in [0.25, 0.3) is 0 Å². The Morgan fingerprint density at radius 3 is 2.68 bits per heavy atom. The van der Waals surface area contributed by atoms with Crippen molar-refractivity contribution >= 4 is 17.7 Å². The number of nitrogens with zero attached hydrogens (tertiary/aromatic N) is 4. The third-order valence-corrected chi connectivity index (χ3v) is 4.40. The lowest BCUT2D eigenvalue weighted by Gasteiger charge is -2.22. The van der Waals surface area contributed by atoms with Crippen LogP contribution in [0.1, 0.15) is 32.0 Å². The fourth-order valence-corrected chi connectivity index (χ4v) is 3.12. The van der Waals surface area contributed by atoms with Gasteiger partial charge in [-0.15, -0.1) is 10.2 Å². The highest BCUT2D eigenvalue weighted by molar-refractivity contribution is 7.99. The van der Waals surface area contributed by atoms with E-state index in [4.69, 9.17) is 0 Å². The van der Waals surface area contributed by atoms with Gasteiger partial charge in [-0.1, -0.05) is 17.8 Å². The van der Waals surface area contributed by atoms with E-state index < -0.39 is 12.0 Å². The average molecular weight is 334 g/mol. The molecule has 0 atom stereocenters. The summed E-state index contributed by atoms with van der Waals surface area (Å²) >= 11 is 0.966. The minimum absolute atomic E-state index is 0.0367. The number of rotatable bonds is 5. The summed E-state index contributed by atoms with van der Waals surface area (Å²) in [6.07, 6.45) is 0.353. The maximum Gasteiger partial charge on any atom is 0.451 e. The van der Waals surface area contributed by atoms with E-state index >= 15 is 0 Å². The molecule has 0 N–H and O–H groups in total. The van der Waals surface area contributed by atoms with Crippen molar-refractivity contribution in [3.63, 3.8) is 0 Å². The van der Waals surface area contributed by atoms with Crippen molar-refractivity contribution in [2.24, 2.45) is 7.05 Å². The maximum atomic E-state index is 12.6. The Labute approximate surface area is 130 Å². The van der Waals surface area contributed by atoms with Gasteiger partial charge in [0, 0.05) is 19.3 Å². The first-order valence-corrected chi connectivity index (χ1v) is 7.92. The third kappa shape index (κ3) is 3.63. The van der Waals surface area contributed by atoms with Crippen LogP contribution in [-0.4, -0.2) is 37.9 Å². The standard InChI is InChI=1S/C13H17F3N4OS/c1-3-20(9-6-4-5-7-9)10(21)8-22-12-18-17-11(19(12)2)13(14,15)16/h6H,3-5,7-8H2,1-2H3. The van der Waals surface area contributed by atoms with E-state index in [2.05, 4.69) is 10.2 Å². The van der Waals surface area contributed by atoms with Crippen LogP contribution >= 0.6 is 11.8 Å². The van der Waals surface area contributed by atoms with Gasteiger partial charge < -0.3 is 9.47 Å². The second-order valence-electron chi connectivity index (χ2n) is 4.88. The molecule has 1 amide bonds. The normalized spacial score (nSPS) is 15.0. The number of allylic oxidation sites excluding steroid dienone is 2. The van der Waals surface area contributed by atoms with E-state index in [9.17, 15) is 18.0 Å². The first-order valence-electron chi connectivity index (χ1n) is 6.93. The Kier molecular flexibility index (Phi) is 5.15. The molecule has 122 valence electrons. The monoisotopic (exact) mass is 334 g/mol. The molecule has 1 aliphatic rings. The second kappa shape index (κ2) is 6.72. The Bertz CT molecular complexity index is 582. The molecule has 1 aromatic rings. The molecule has 1 aliphatic carbocycles. The van der Waals surface area contributed by atoms with Crippen molar-refractivity contribution in [1.82, 2.24) is 19.7 Å². The van der Waals surface area contributed by atoms with Crippen molar-refractivity contribution in [2.45, 2.75) is 37.5 Å². The van der Waals surface area contributed by atoms with Crippen molar-refractivity contribution in [1.29, 1.82) is 0 Å². The first kappa shape index (κ1) is 16.9. The smallest absolute Gasteiger partial charge is 0.316 e. The summed E-state index contributed by atoms with van der Waals surface area (Å²) in [6, 6.07) is 0. The van der Waals surface area contributed by atoms with Crippen molar-refractivity contribution in [3.8, 4) is 0 Å². The summed E-state index contributed by atoms with van der Waals surface area (Å²) in [5, 5.41) is 6.73. The molecule has 0 spiro atoms. The summed E-state index contributed by atoms with van der Waals surface area (Å²) in [5.74, 6) is -1.15. The number of carbonyl (C=O) groups excluding carboxylic acids is 1. The van der Waals surface area contributed by atoms with Crippen LogP contribution in [0.2, 0.25) is 0 Å². The van der Waals surface area contributed by atoms with Crippen LogP contribution < -0.4 is 0 Å². The molecule has 0 saturated heterocycles. The topological polar surface area (TPSA) is 51.0 Å². The molecule has 2 rings (SSSR count). The Morgan fingerprint density at radius 2 is 2.18 bits per heavy atom. The highest BCUT2D eigenvalue weighted by Gasteiger charge is 2.37. The van der Waals surface area contributed by atoms with Crippen LogP contribution in [0.4, 0.5) is 13.2 Å². The fourth-order valence-electron chi connectivity index (χ4n) is 2.33. The largest absolute Gasteiger partial charge is 0.451 e. The number of amides is 1. The van der Waals surface area contributed by atoms with Gasteiger partial charge >= 0.3 is 6.18 Å². The minimum atomic E-state index is -4.55. The van der Waals surface area contributed by atoms with Crippen LogP contribution in [0.15, 0.2) is 16.9 Å². The third-order valence-electron chi connectivity index (χ3n) is 3.39. The van der Waals surface area contributed by atoms with E-state index in [-0.39, 0.29) is 16.8 Å². The second-order valence-corrected chi connectivity index (χ2v) is 5.82. The van der Waals surface area contributed by atoms with Crippen LogP contribution in [-0.2, 0) is 18.0 Å². The molecule has 0 unspecified atom stereocenters. The molecule has 1 heterocycles. The van der Waals surface area contributed by atoms with E-state index in [1.165, 1.54) is 7.05 Å². The summed E-state index contributed by atoms with van der Waals surface area (Å²) in [6.45, 7) is 2.43. The predicted octanol–water partition coefficient (Wildman–Crippen LogP) is 2.84. The van der Waals surface area contributed by atoms with Crippen LogP contribution in [0.5, 0.6) is 0 Å². The molecular weight excluding hydrogens is 317 g/mol. The van der Waals surface area contributed by atoms with Gasteiger partial charge in [-0.05, 0) is 26.2 Å². The van der Waals surface area contributed by atoms with Gasteiger partial charge in [0.1, 0.15) is 0 Å². The average Bonchev–Trinajstić information content (AvgIpc) is 3.06. The molecule has 9 heteroatoms. The molecule has 0 bridgehead atoms. The predicted molar refractivity (Wildman–Crippen MR) is 76.1 cm³/mol. The minimum Gasteiger partial charge on any atom is -0.316 e. The quantitative estimate of drug-likeness (QED) is 0.777. The van der Waals surface area contributed by atoms with E-state index in [0.717, 1.165) is 41.3 Å². The number of hydrogen-bond acceptors (Lipinski definition) is 4. The van der Waals surface area contributed by atoms with Crippen molar-refractivity contribution in [2.75, 3.05) is 12.3 Å². The van der Waals surface area contributed by atoms with Crippen LogP contribution in [0.25, 0.3) is 0 Å². The number of hydrogen-bond donors (Lipinski definition) is 0. The molecule has 22 heavy (non-hydrogen) atoms. The lowest BCUT2D eigenvalue weighted by Crippen LogP contribution is -2.31. The summed E-state index contributed by atoms with van der Waals surface area (Å²) in [7, 11) is 1.24. The summed E-state index contributed by atoms with van der Waals surface area (Å²) in [4.78, 5) is 13.9. The van der Waals surface area contributed by atoms with Gasteiger partial charge in [-0.2, -0.15) is 13.2 Å². The lowest BCUT2D eigenvalue weighted by molar-refractivity contribution is -0.147. The number of aromatic nitrogens is 3. The Balaban J connectivity index is 2.00. The molecule has 0 saturated carbocycles. The molecule has 0 fully saturated rings. The fraction of sp³-hybridized carbons (Fsp3) is 0.615. The van der Waals surface area contributed by atoms with Gasteiger partial charge in [0.05, 0.1) is 5.75 Å². The number of thioether (sulfide) groups is 1. The summed E-state index contributed by atoms with van der Waals surface area (Å²) in [5.41, 5.74) is 1.00. The number of alkyl halides is 3. The van der Waals surface area contributed by atoms with E-state index in [1.807, 2.05) is 13.0 Å². The Hall–Kier alpha value is -1.51. The van der Waals surface area contributed by atoms with Gasteiger partial charge in [0.15, 0.2) is 5.16 Å². The molecule has 0 aliphatic heterocycles. The number of carbonyl (C=O) groups is 1. The van der Waals surface area contributed by atoms with Gasteiger partial charge in [-0.25, -0.2) is 0 Å². The van der Waals surface area contributed by atoms with E-state index in [0.29, 0.717) is 6.54 Å². The SMILES string of the molecule is CCN(C(=O)CSc1nnc(C(F)(F)F)n1C)C1=CCCC1. The van der Waals surface area contributed by atoms with Crippen LogP contribution in [0.3, 0.4) is 0 Å². The van der Waals surface area contributed by atoms with Crippen molar-refractivity contribution < 1.29 is 18.0 Å². The molecule has 0 radical (unpaired) electrons. The Morgan fingerprint density at radius 1 is 1.45 bits per heavy atom.